The number of hydrogen-bond donors (Lipinski definition) is 1. The van der Waals surface area contributed by atoms with Gasteiger partial charge in [0, 0.05) is 18.6 Å². The zero-order valence-electron chi connectivity index (χ0n) is 14.7. The lowest BCUT2D eigenvalue weighted by Gasteiger charge is -2.20. The lowest BCUT2D eigenvalue weighted by Crippen LogP contribution is -2.29. The second-order valence-corrected chi connectivity index (χ2v) is 9.01. The van der Waals surface area contributed by atoms with E-state index in [-0.39, 0.29) is 27.3 Å². The third-order valence-corrected chi connectivity index (χ3v) is 6.08. The van der Waals surface area contributed by atoms with Gasteiger partial charge < -0.3 is 5.32 Å². The zero-order valence-corrected chi connectivity index (χ0v) is 17.0. The molecule has 0 fully saturated rings. The van der Waals surface area contributed by atoms with Crippen LogP contribution in [0.2, 0.25) is 10.0 Å². The Kier molecular flexibility index (Phi) is 6.55. The Bertz CT molecular complexity index is 897. The van der Waals surface area contributed by atoms with Gasteiger partial charge in [-0.15, -0.1) is 0 Å². The third-order valence-electron chi connectivity index (χ3n) is 3.70. The van der Waals surface area contributed by atoms with Crippen LogP contribution in [0.25, 0.3) is 0 Å². The molecule has 2 aromatic carbocycles. The van der Waals surface area contributed by atoms with Gasteiger partial charge in [0.1, 0.15) is 0 Å². The van der Waals surface area contributed by atoms with Crippen molar-refractivity contribution in [1.82, 2.24) is 5.32 Å². The Labute approximate surface area is 164 Å². The summed E-state index contributed by atoms with van der Waals surface area (Å²) in [5.41, 5.74) is 0.557. The number of rotatable bonds is 6. The van der Waals surface area contributed by atoms with Crippen LogP contribution < -0.4 is 9.62 Å². The van der Waals surface area contributed by atoms with Gasteiger partial charge in [0.15, 0.2) is 0 Å². The number of benzene rings is 2. The van der Waals surface area contributed by atoms with Crippen molar-refractivity contribution in [2.75, 3.05) is 17.9 Å². The summed E-state index contributed by atoms with van der Waals surface area (Å²) < 4.78 is 26.7. The van der Waals surface area contributed by atoms with Crippen molar-refractivity contribution in [3.63, 3.8) is 0 Å². The molecule has 0 aliphatic rings. The van der Waals surface area contributed by atoms with Crippen molar-refractivity contribution >= 4 is 44.8 Å². The minimum atomic E-state index is -3.79. The summed E-state index contributed by atoms with van der Waals surface area (Å²) in [6, 6.07) is 10.4. The summed E-state index contributed by atoms with van der Waals surface area (Å²) in [6.45, 7) is 4.45. The maximum absolute atomic E-state index is 12.8. The molecule has 0 aromatic heterocycles. The summed E-state index contributed by atoms with van der Waals surface area (Å²) in [6.07, 6.45) is 0. The molecule has 0 atom stereocenters. The molecule has 0 aliphatic heterocycles. The highest BCUT2D eigenvalue weighted by atomic mass is 35.5. The fourth-order valence-corrected chi connectivity index (χ4v) is 3.70. The first kappa shape index (κ1) is 20.6. The van der Waals surface area contributed by atoms with Crippen LogP contribution in [0.15, 0.2) is 47.4 Å². The van der Waals surface area contributed by atoms with Crippen LogP contribution in [0, 0.1) is 5.92 Å². The van der Waals surface area contributed by atoms with Gasteiger partial charge in [0.2, 0.25) is 0 Å². The topological polar surface area (TPSA) is 66.5 Å². The van der Waals surface area contributed by atoms with E-state index in [1.54, 1.807) is 6.07 Å². The summed E-state index contributed by atoms with van der Waals surface area (Å²) in [5.74, 6) is -0.0586. The third kappa shape index (κ3) is 4.69. The van der Waals surface area contributed by atoms with Crippen molar-refractivity contribution < 1.29 is 13.2 Å². The van der Waals surface area contributed by atoms with Crippen LogP contribution in [-0.2, 0) is 10.0 Å². The molecule has 26 heavy (non-hydrogen) atoms. The van der Waals surface area contributed by atoms with Gasteiger partial charge in [0.05, 0.1) is 21.2 Å². The van der Waals surface area contributed by atoms with E-state index in [4.69, 9.17) is 23.2 Å². The van der Waals surface area contributed by atoms with E-state index in [9.17, 15) is 13.2 Å². The van der Waals surface area contributed by atoms with Crippen molar-refractivity contribution in [3.05, 3.63) is 58.1 Å². The number of carbonyl (C=O) groups excluding carboxylic acids is 1. The fourth-order valence-electron chi connectivity index (χ4n) is 2.18. The summed E-state index contributed by atoms with van der Waals surface area (Å²) in [5, 5.41) is 3.48. The van der Waals surface area contributed by atoms with Gasteiger partial charge in [-0.3, -0.25) is 9.10 Å². The molecule has 8 heteroatoms. The Hall–Kier alpha value is -1.76. The summed E-state index contributed by atoms with van der Waals surface area (Å²) in [7, 11) is -2.37. The molecule has 1 N–H and O–H groups in total. The molecule has 0 unspecified atom stereocenters. The lowest BCUT2D eigenvalue weighted by molar-refractivity contribution is 0.0949. The SMILES string of the molecule is CC(C)CNC(=O)c1cc(N(C)S(=O)(=O)c2ccc(Cl)cc2)ccc1Cl. The Morgan fingerprint density at radius 2 is 1.73 bits per heavy atom. The summed E-state index contributed by atoms with van der Waals surface area (Å²) >= 11 is 11.9. The average molecular weight is 415 g/mol. The van der Waals surface area contributed by atoms with Gasteiger partial charge in [-0.2, -0.15) is 0 Å². The predicted octanol–water partition coefficient (Wildman–Crippen LogP) is 4.20. The Morgan fingerprint density at radius 1 is 1.12 bits per heavy atom. The molecule has 0 saturated heterocycles. The maximum Gasteiger partial charge on any atom is 0.264 e. The number of carbonyl (C=O) groups is 1. The fraction of sp³-hybridized carbons (Fsp3) is 0.278. The molecule has 0 aliphatic carbocycles. The van der Waals surface area contributed by atoms with Crippen LogP contribution in [0.4, 0.5) is 5.69 Å². The minimum absolute atomic E-state index is 0.102. The van der Waals surface area contributed by atoms with Crippen molar-refractivity contribution in [2.45, 2.75) is 18.7 Å². The first-order valence-corrected chi connectivity index (χ1v) is 10.1. The van der Waals surface area contributed by atoms with E-state index in [1.165, 1.54) is 43.4 Å². The van der Waals surface area contributed by atoms with Crippen molar-refractivity contribution in [1.29, 1.82) is 0 Å². The molecule has 140 valence electrons. The van der Waals surface area contributed by atoms with E-state index in [0.29, 0.717) is 17.3 Å². The van der Waals surface area contributed by atoms with Gasteiger partial charge >= 0.3 is 0 Å². The Balaban J connectivity index is 2.34. The normalized spacial score (nSPS) is 11.5. The first-order chi connectivity index (χ1) is 12.1. The van der Waals surface area contributed by atoms with Gasteiger partial charge in [0.25, 0.3) is 15.9 Å². The molecule has 2 rings (SSSR count). The molecule has 2 aromatic rings. The molecule has 0 radical (unpaired) electrons. The maximum atomic E-state index is 12.8. The second kappa shape index (κ2) is 8.29. The summed E-state index contributed by atoms with van der Waals surface area (Å²) in [4.78, 5) is 12.4. The smallest absolute Gasteiger partial charge is 0.264 e. The van der Waals surface area contributed by atoms with Gasteiger partial charge in [-0.25, -0.2) is 8.42 Å². The second-order valence-electron chi connectivity index (χ2n) is 6.19. The Morgan fingerprint density at radius 3 is 2.31 bits per heavy atom. The van der Waals surface area contributed by atoms with E-state index in [2.05, 4.69) is 5.32 Å². The van der Waals surface area contributed by atoms with E-state index < -0.39 is 10.0 Å². The lowest BCUT2D eigenvalue weighted by atomic mass is 10.1. The molecule has 0 saturated carbocycles. The molecular formula is C18H20Cl2N2O3S. The predicted molar refractivity (Wildman–Crippen MR) is 106 cm³/mol. The van der Waals surface area contributed by atoms with Crippen LogP contribution >= 0.6 is 23.2 Å². The monoisotopic (exact) mass is 414 g/mol. The minimum Gasteiger partial charge on any atom is -0.352 e. The van der Waals surface area contributed by atoms with Gasteiger partial charge in [-0.1, -0.05) is 37.0 Å². The van der Waals surface area contributed by atoms with E-state index >= 15 is 0 Å². The van der Waals surface area contributed by atoms with Crippen LogP contribution in [0.1, 0.15) is 24.2 Å². The highest BCUT2D eigenvalue weighted by molar-refractivity contribution is 7.92. The number of nitrogens with one attached hydrogen (secondary N) is 1. The number of nitrogens with zero attached hydrogens (tertiary/aromatic N) is 1. The number of halogens is 2. The van der Waals surface area contributed by atoms with Crippen molar-refractivity contribution in [2.24, 2.45) is 5.92 Å². The number of anilines is 1. The molecular weight excluding hydrogens is 395 g/mol. The zero-order chi connectivity index (χ0) is 19.5. The largest absolute Gasteiger partial charge is 0.352 e. The van der Waals surface area contributed by atoms with Crippen molar-refractivity contribution in [3.8, 4) is 0 Å². The highest BCUT2D eigenvalue weighted by Gasteiger charge is 2.23. The molecule has 0 spiro atoms. The molecule has 5 nitrogen and oxygen atoms in total. The molecule has 1 amide bonds. The van der Waals surface area contributed by atoms with Gasteiger partial charge in [-0.05, 0) is 48.4 Å². The number of hydrogen-bond acceptors (Lipinski definition) is 3. The molecule has 0 bridgehead atoms. The highest BCUT2D eigenvalue weighted by Crippen LogP contribution is 2.27. The van der Waals surface area contributed by atoms with Crippen LogP contribution in [0.3, 0.4) is 0 Å². The van der Waals surface area contributed by atoms with Crippen LogP contribution in [0.5, 0.6) is 0 Å². The average Bonchev–Trinajstić information content (AvgIpc) is 2.59. The number of sulfonamides is 1. The first-order valence-electron chi connectivity index (χ1n) is 7.95. The standard InChI is InChI=1S/C18H20Cl2N2O3S/c1-12(2)11-21-18(23)16-10-14(6-9-17(16)20)22(3)26(24,25)15-7-4-13(19)5-8-15/h4-10,12H,11H2,1-3H3,(H,21,23). The number of amides is 1. The van der Waals surface area contributed by atoms with E-state index in [1.807, 2.05) is 13.8 Å². The van der Waals surface area contributed by atoms with Crippen LogP contribution in [-0.4, -0.2) is 27.9 Å². The molecule has 0 heterocycles. The van der Waals surface area contributed by atoms with E-state index in [0.717, 1.165) is 4.31 Å². The quantitative estimate of drug-likeness (QED) is 0.769.